The lowest BCUT2D eigenvalue weighted by Gasteiger charge is -2.07. The Kier molecular flexibility index (Phi) is 3.13. The Labute approximate surface area is 92.8 Å². The van der Waals surface area contributed by atoms with Crippen molar-refractivity contribution in [3.05, 3.63) is 41.5 Å². The average molecular weight is 222 g/mol. The highest BCUT2D eigenvalue weighted by atomic mass is 19.1. The molecular formula is C13H12F2O. The van der Waals surface area contributed by atoms with Gasteiger partial charge in [0.2, 0.25) is 0 Å². The summed E-state index contributed by atoms with van der Waals surface area (Å²) < 4.78 is 27.0. The second-order valence-corrected chi connectivity index (χ2v) is 3.94. The predicted octanol–water partition coefficient (Wildman–Crippen LogP) is 3.49. The summed E-state index contributed by atoms with van der Waals surface area (Å²) in [5.41, 5.74) is 0.441. The van der Waals surface area contributed by atoms with Gasteiger partial charge in [0.1, 0.15) is 11.6 Å². The van der Waals surface area contributed by atoms with Crippen molar-refractivity contribution in [1.82, 2.24) is 0 Å². The molecule has 84 valence electrons. The van der Waals surface area contributed by atoms with E-state index < -0.39 is 11.6 Å². The third kappa shape index (κ3) is 2.18. The van der Waals surface area contributed by atoms with Gasteiger partial charge in [-0.3, -0.25) is 4.79 Å². The molecule has 0 amide bonds. The number of carbonyl (C=O) groups excluding carboxylic acids is 1. The van der Waals surface area contributed by atoms with Crippen LogP contribution < -0.4 is 0 Å². The van der Waals surface area contributed by atoms with Crippen molar-refractivity contribution < 1.29 is 13.6 Å². The van der Waals surface area contributed by atoms with Gasteiger partial charge in [-0.1, -0.05) is 6.07 Å². The summed E-state index contributed by atoms with van der Waals surface area (Å²) in [5.74, 6) is -1.24. The van der Waals surface area contributed by atoms with Crippen molar-refractivity contribution in [2.24, 2.45) is 0 Å². The molecule has 2 rings (SSSR count). The molecule has 1 aromatic rings. The fraction of sp³-hybridized carbons (Fsp3) is 0.308. The van der Waals surface area contributed by atoms with E-state index in [4.69, 9.17) is 0 Å². The largest absolute Gasteiger partial charge is 0.295 e. The number of rotatable bonds is 1. The summed E-state index contributed by atoms with van der Waals surface area (Å²) in [6.07, 6.45) is 4.00. The molecule has 1 aliphatic rings. The van der Waals surface area contributed by atoms with Crippen LogP contribution >= 0.6 is 0 Å². The minimum atomic E-state index is -0.596. The van der Waals surface area contributed by atoms with Crippen molar-refractivity contribution in [3.63, 3.8) is 0 Å². The zero-order valence-corrected chi connectivity index (χ0v) is 8.80. The molecule has 0 saturated heterocycles. The predicted molar refractivity (Wildman–Crippen MR) is 57.8 cm³/mol. The quantitative estimate of drug-likeness (QED) is 0.710. The van der Waals surface area contributed by atoms with Crippen molar-refractivity contribution in [3.8, 4) is 0 Å². The SMILES string of the molecule is O=C1C=C(c2c(F)cccc2F)CCCC1. The van der Waals surface area contributed by atoms with Crippen LogP contribution in [0.2, 0.25) is 0 Å². The van der Waals surface area contributed by atoms with E-state index in [1.54, 1.807) is 0 Å². The fourth-order valence-electron chi connectivity index (χ4n) is 1.96. The third-order valence-corrected chi connectivity index (χ3v) is 2.74. The maximum absolute atomic E-state index is 13.5. The number of allylic oxidation sites excluding steroid dienone is 2. The number of hydrogen-bond acceptors (Lipinski definition) is 1. The Balaban J connectivity index is 2.46. The highest BCUT2D eigenvalue weighted by Crippen LogP contribution is 2.28. The number of halogens is 2. The van der Waals surface area contributed by atoms with Crippen LogP contribution in [-0.4, -0.2) is 5.78 Å². The average Bonchev–Trinajstić information content (AvgIpc) is 2.43. The van der Waals surface area contributed by atoms with Gasteiger partial charge < -0.3 is 0 Å². The summed E-state index contributed by atoms with van der Waals surface area (Å²) >= 11 is 0. The molecule has 0 heterocycles. The van der Waals surface area contributed by atoms with E-state index >= 15 is 0 Å². The molecule has 0 spiro atoms. The van der Waals surface area contributed by atoms with Gasteiger partial charge in [0, 0.05) is 12.0 Å². The maximum Gasteiger partial charge on any atom is 0.155 e. The molecule has 3 heteroatoms. The summed E-state index contributed by atoms with van der Waals surface area (Å²) in [6, 6.07) is 3.76. The number of hydrogen-bond donors (Lipinski definition) is 0. The molecule has 0 fully saturated rings. The molecule has 0 aliphatic heterocycles. The minimum absolute atomic E-state index is 0.0437. The van der Waals surface area contributed by atoms with Crippen molar-refractivity contribution in [2.45, 2.75) is 25.7 Å². The molecule has 0 aromatic heterocycles. The Bertz CT molecular complexity index is 429. The molecule has 0 N–H and O–H groups in total. The highest BCUT2D eigenvalue weighted by molar-refractivity contribution is 5.97. The van der Waals surface area contributed by atoms with E-state index in [9.17, 15) is 13.6 Å². The van der Waals surface area contributed by atoms with Gasteiger partial charge >= 0.3 is 0 Å². The van der Waals surface area contributed by atoms with Crippen LogP contribution in [0.25, 0.3) is 5.57 Å². The first-order valence-corrected chi connectivity index (χ1v) is 5.36. The number of benzene rings is 1. The van der Waals surface area contributed by atoms with Gasteiger partial charge in [-0.05, 0) is 43.0 Å². The topological polar surface area (TPSA) is 17.1 Å². The molecule has 0 unspecified atom stereocenters. The van der Waals surface area contributed by atoms with Gasteiger partial charge in [-0.25, -0.2) is 8.78 Å². The standard InChI is InChI=1S/C13H12F2O/c14-11-6-3-7-12(15)13(11)9-4-1-2-5-10(16)8-9/h3,6-8H,1-2,4-5H2. The van der Waals surface area contributed by atoms with Crippen LogP contribution in [-0.2, 0) is 4.79 Å². The van der Waals surface area contributed by atoms with Crippen molar-refractivity contribution >= 4 is 11.4 Å². The first-order chi connectivity index (χ1) is 7.68. The zero-order valence-electron chi connectivity index (χ0n) is 8.80. The lowest BCUT2D eigenvalue weighted by Crippen LogP contribution is -1.96. The first kappa shape index (κ1) is 11.0. The second kappa shape index (κ2) is 4.56. The van der Waals surface area contributed by atoms with Gasteiger partial charge in [0.25, 0.3) is 0 Å². The van der Waals surface area contributed by atoms with E-state index in [1.807, 2.05) is 0 Å². The van der Waals surface area contributed by atoms with Gasteiger partial charge in [-0.15, -0.1) is 0 Å². The summed E-state index contributed by atoms with van der Waals surface area (Å²) in [4.78, 5) is 11.4. The maximum atomic E-state index is 13.5. The van der Waals surface area contributed by atoms with Crippen LogP contribution in [0.3, 0.4) is 0 Å². The highest BCUT2D eigenvalue weighted by Gasteiger charge is 2.16. The number of carbonyl (C=O) groups is 1. The molecule has 0 saturated carbocycles. The minimum Gasteiger partial charge on any atom is -0.295 e. The molecule has 1 aromatic carbocycles. The van der Waals surface area contributed by atoms with E-state index in [-0.39, 0.29) is 11.3 Å². The molecule has 0 atom stereocenters. The number of ketones is 1. The van der Waals surface area contributed by atoms with Crippen LogP contribution in [0.1, 0.15) is 31.2 Å². The molecule has 1 nitrogen and oxygen atoms in total. The second-order valence-electron chi connectivity index (χ2n) is 3.94. The van der Waals surface area contributed by atoms with Gasteiger partial charge in [0.15, 0.2) is 5.78 Å². The van der Waals surface area contributed by atoms with Gasteiger partial charge in [0.05, 0.1) is 0 Å². The van der Waals surface area contributed by atoms with Crippen LogP contribution in [0.4, 0.5) is 8.78 Å². The Hall–Kier alpha value is -1.51. The van der Waals surface area contributed by atoms with Crippen molar-refractivity contribution in [2.75, 3.05) is 0 Å². The normalized spacial score (nSPS) is 16.9. The van der Waals surface area contributed by atoms with E-state index in [2.05, 4.69) is 0 Å². The van der Waals surface area contributed by atoms with Gasteiger partial charge in [-0.2, -0.15) is 0 Å². The molecule has 0 bridgehead atoms. The third-order valence-electron chi connectivity index (χ3n) is 2.74. The molecular weight excluding hydrogens is 210 g/mol. The smallest absolute Gasteiger partial charge is 0.155 e. The van der Waals surface area contributed by atoms with Crippen molar-refractivity contribution in [1.29, 1.82) is 0 Å². The molecule has 16 heavy (non-hydrogen) atoms. The molecule has 0 radical (unpaired) electrons. The Morgan fingerprint density at radius 1 is 1.00 bits per heavy atom. The summed E-state index contributed by atoms with van der Waals surface area (Å²) in [5, 5.41) is 0. The zero-order chi connectivity index (χ0) is 11.5. The summed E-state index contributed by atoms with van der Waals surface area (Å²) in [6.45, 7) is 0. The summed E-state index contributed by atoms with van der Waals surface area (Å²) in [7, 11) is 0. The monoisotopic (exact) mass is 222 g/mol. The first-order valence-electron chi connectivity index (χ1n) is 5.36. The van der Waals surface area contributed by atoms with E-state index in [0.717, 1.165) is 12.8 Å². The van der Waals surface area contributed by atoms with E-state index in [0.29, 0.717) is 18.4 Å². The fourth-order valence-corrected chi connectivity index (χ4v) is 1.96. The lowest BCUT2D eigenvalue weighted by molar-refractivity contribution is -0.114. The van der Waals surface area contributed by atoms with E-state index in [1.165, 1.54) is 24.3 Å². The Morgan fingerprint density at radius 2 is 1.62 bits per heavy atom. The lowest BCUT2D eigenvalue weighted by atomic mass is 10.00. The van der Waals surface area contributed by atoms with Crippen LogP contribution in [0.15, 0.2) is 24.3 Å². The van der Waals surface area contributed by atoms with Crippen LogP contribution in [0.5, 0.6) is 0 Å². The molecule has 1 aliphatic carbocycles. The van der Waals surface area contributed by atoms with Crippen LogP contribution in [0, 0.1) is 11.6 Å². The Morgan fingerprint density at radius 3 is 2.31 bits per heavy atom.